The molecule has 5 heteroatoms. The second kappa shape index (κ2) is 12.4. The van der Waals surface area contributed by atoms with Gasteiger partial charge in [0, 0.05) is 16.8 Å². The number of nitrogens with one attached hydrogen (secondary N) is 1. The fourth-order valence-electron chi connectivity index (χ4n) is 4.99. The van der Waals surface area contributed by atoms with Gasteiger partial charge in [-0.2, -0.15) is 0 Å². The second-order valence-electron chi connectivity index (χ2n) is 10.5. The van der Waals surface area contributed by atoms with Crippen molar-refractivity contribution in [3.63, 3.8) is 0 Å². The van der Waals surface area contributed by atoms with Gasteiger partial charge >= 0.3 is 0 Å². The molecule has 0 saturated carbocycles. The van der Waals surface area contributed by atoms with E-state index in [0.717, 1.165) is 58.0 Å². The van der Waals surface area contributed by atoms with Crippen molar-refractivity contribution in [1.82, 2.24) is 0 Å². The van der Waals surface area contributed by atoms with Crippen LogP contribution in [-0.4, -0.2) is 12.1 Å². The summed E-state index contributed by atoms with van der Waals surface area (Å²) in [5, 5.41) is 3.95. The minimum atomic E-state index is -0.0663. The highest BCUT2D eigenvalue weighted by Crippen LogP contribution is 2.39. The van der Waals surface area contributed by atoms with Gasteiger partial charge in [0.25, 0.3) is 5.91 Å². The molecular formula is C34H36N2O2S. The summed E-state index contributed by atoms with van der Waals surface area (Å²) >= 11 is 1.67. The molecule has 4 nitrogen and oxygen atoms in total. The molecule has 0 bridgehead atoms. The molecule has 1 aromatic heterocycles. The van der Waals surface area contributed by atoms with E-state index in [0.29, 0.717) is 6.61 Å². The fourth-order valence-corrected chi connectivity index (χ4v) is 6.23. The normalized spacial score (nSPS) is 13.5. The van der Waals surface area contributed by atoms with Crippen molar-refractivity contribution in [2.75, 3.05) is 5.32 Å². The molecule has 1 amide bonds. The van der Waals surface area contributed by atoms with E-state index >= 15 is 0 Å². The topological polar surface area (TPSA) is 50.7 Å². The Hall–Kier alpha value is -3.70. The molecule has 1 aliphatic rings. The van der Waals surface area contributed by atoms with Crippen molar-refractivity contribution in [2.45, 2.75) is 65.9 Å². The van der Waals surface area contributed by atoms with E-state index in [2.05, 4.69) is 56.4 Å². The molecule has 3 aromatic carbocycles. The van der Waals surface area contributed by atoms with Gasteiger partial charge in [-0.25, -0.2) is 4.99 Å². The summed E-state index contributed by atoms with van der Waals surface area (Å²) in [7, 11) is 0. The molecule has 0 saturated heterocycles. The van der Waals surface area contributed by atoms with Gasteiger partial charge in [-0.05, 0) is 111 Å². The van der Waals surface area contributed by atoms with Crippen molar-refractivity contribution in [2.24, 2.45) is 4.99 Å². The maximum absolute atomic E-state index is 13.6. The molecule has 200 valence electrons. The highest BCUT2D eigenvalue weighted by Gasteiger charge is 2.24. The minimum absolute atomic E-state index is 0.0663. The summed E-state index contributed by atoms with van der Waals surface area (Å²) < 4.78 is 5.97. The minimum Gasteiger partial charge on any atom is -0.489 e. The Kier molecular flexibility index (Phi) is 8.58. The lowest BCUT2D eigenvalue weighted by atomic mass is 9.96. The number of thiophene rings is 1. The Morgan fingerprint density at radius 1 is 0.923 bits per heavy atom. The van der Waals surface area contributed by atoms with E-state index in [1.165, 1.54) is 40.8 Å². The Labute approximate surface area is 235 Å². The number of rotatable bonds is 7. The number of carbonyl (C=O) groups excluding carboxylic acids is 1. The number of amides is 1. The average Bonchev–Trinajstić information content (AvgIpc) is 3.25. The second-order valence-corrected chi connectivity index (χ2v) is 11.5. The third-order valence-electron chi connectivity index (χ3n) is 7.34. The summed E-state index contributed by atoms with van der Waals surface area (Å²) in [5.74, 6) is 0.754. The Balaban J connectivity index is 1.36. The van der Waals surface area contributed by atoms with Crippen LogP contribution in [0.5, 0.6) is 5.75 Å². The molecule has 4 aromatic rings. The largest absolute Gasteiger partial charge is 0.489 e. The zero-order valence-electron chi connectivity index (χ0n) is 23.0. The molecule has 0 unspecified atom stereocenters. The maximum atomic E-state index is 13.6. The molecule has 0 spiro atoms. The van der Waals surface area contributed by atoms with E-state index in [-0.39, 0.29) is 5.91 Å². The number of aliphatic imine (C=N–C) groups is 1. The first-order chi connectivity index (χ1) is 19.0. The van der Waals surface area contributed by atoms with Crippen LogP contribution in [0.4, 0.5) is 10.7 Å². The Morgan fingerprint density at radius 3 is 2.49 bits per heavy atom. The Morgan fingerprint density at radius 2 is 1.72 bits per heavy atom. The lowest BCUT2D eigenvalue weighted by Crippen LogP contribution is -2.14. The van der Waals surface area contributed by atoms with Crippen LogP contribution in [0.3, 0.4) is 0 Å². The third kappa shape index (κ3) is 6.85. The molecule has 0 aliphatic heterocycles. The number of anilines is 1. The number of hydrogen-bond acceptors (Lipinski definition) is 4. The predicted octanol–water partition coefficient (Wildman–Crippen LogP) is 8.91. The van der Waals surface area contributed by atoms with Crippen molar-refractivity contribution in [3.05, 3.63) is 111 Å². The van der Waals surface area contributed by atoms with E-state index in [4.69, 9.17) is 9.73 Å². The van der Waals surface area contributed by atoms with Crippen molar-refractivity contribution < 1.29 is 9.53 Å². The van der Waals surface area contributed by atoms with Crippen LogP contribution < -0.4 is 10.1 Å². The standard InChI is InChI=1S/C34H36N2O2S/c1-23-9-8-10-27(19-23)22-38-29-17-14-26(15-18-29)21-35-34-32(30-11-6-4-5-7-12-31(30)39-34)33(37)36-28-16-13-24(2)25(3)20-28/h8-10,13-21H,4-7,11-12,22H2,1-3H3,(H,36,37). The fraction of sp³-hybridized carbons (Fsp3) is 0.294. The van der Waals surface area contributed by atoms with Crippen molar-refractivity contribution in [1.29, 1.82) is 0 Å². The highest BCUT2D eigenvalue weighted by atomic mass is 32.1. The number of fused-ring (bicyclic) bond motifs is 1. The van der Waals surface area contributed by atoms with E-state index in [1.807, 2.05) is 42.6 Å². The quantitative estimate of drug-likeness (QED) is 0.240. The first-order valence-corrected chi connectivity index (χ1v) is 14.6. The van der Waals surface area contributed by atoms with Crippen LogP contribution in [-0.2, 0) is 19.4 Å². The summed E-state index contributed by atoms with van der Waals surface area (Å²) in [6, 6.07) is 22.4. The van der Waals surface area contributed by atoms with Gasteiger partial charge in [0.2, 0.25) is 0 Å². The molecule has 5 rings (SSSR count). The number of benzene rings is 3. The SMILES string of the molecule is Cc1cccc(COc2ccc(C=Nc3sc4c(c3C(=O)Nc3ccc(C)c(C)c3)CCCCCC4)cc2)c1. The Bertz CT molecular complexity index is 1480. The third-order valence-corrected chi connectivity index (χ3v) is 8.54. The highest BCUT2D eigenvalue weighted by molar-refractivity contribution is 7.16. The van der Waals surface area contributed by atoms with Crippen LogP contribution in [0, 0.1) is 20.8 Å². The number of carbonyl (C=O) groups is 1. The molecule has 0 radical (unpaired) electrons. The van der Waals surface area contributed by atoms with Gasteiger partial charge in [-0.3, -0.25) is 4.79 Å². The van der Waals surface area contributed by atoms with Crippen LogP contribution in [0.15, 0.2) is 71.7 Å². The van der Waals surface area contributed by atoms with Gasteiger partial charge in [-0.1, -0.05) is 48.7 Å². The molecule has 1 aliphatic carbocycles. The maximum Gasteiger partial charge on any atom is 0.259 e. The van der Waals surface area contributed by atoms with E-state index in [9.17, 15) is 4.79 Å². The zero-order valence-corrected chi connectivity index (χ0v) is 23.9. The molecule has 0 atom stereocenters. The van der Waals surface area contributed by atoms with Gasteiger partial charge < -0.3 is 10.1 Å². The van der Waals surface area contributed by atoms with Gasteiger partial charge in [0.1, 0.15) is 17.4 Å². The van der Waals surface area contributed by atoms with E-state index in [1.54, 1.807) is 11.3 Å². The van der Waals surface area contributed by atoms with Gasteiger partial charge in [0.05, 0.1) is 5.56 Å². The van der Waals surface area contributed by atoms with E-state index < -0.39 is 0 Å². The van der Waals surface area contributed by atoms with Gasteiger partial charge in [0.15, 0.2) is 0 Å². The van der Waals surface area contributed by atoms with Crippen molar-refractivity contribution >= 4 is 34.1 Å². The van der Waals surface area contributed by atoms with Crippen LogP contribution in [0.1, 0.15) is 74.3 Å². The number of ether oxygens (including phenoxy) is 1. The predicted molar refractivity (Wildman–Crippen MR) is 163 cm³/mol. The number of aryl methyl sites for hydroxylation is 4. The first kappa shape index (κ1) is 26.9. The lowest BCUT2D eigenvalue weighted by molar-refractivity contribution is 0.102. The van der Waals surface area contributed by atoms with Crippen molar-refractivity contribution in [3.8, 4) is 5.75 Å². The zero-order chi connectivity index (χ0) is 27.2. The van der Waals surface area contributed by atoms with Crippen LogP contribution >= 0.6 is 11.3 Å². The molecule has 1 N–H and O–H groups in total. The summed E-state index contributed by atoms with van der Waals surface area (Å²) in [4.78, 5) is 19.8. The van der Waals surface area contributed by atoms with Crippen LogP contribution in [0.2, 0.25) is 0 Å². The molecule has 1 heterocycles. The molecular weight excluding hydrogens is 500 g/mol. The average molecular weight is 537 g/mol. The monoisotopic (exact) mass is 536 g/mol. The first-order valence-electron chi connectivity index (χ1n) is 13.8. The number of hydrogen-bond donors (Lipinski definition) is 1. The summed E-state index contributed by atoms with van der Waals surface area (Å²) in [6.07, 6.45) is 8.55. The summed E-state index contributed by atoms with van der Waals surface area (Å²) in [6.45, 7) is 6.77. The molecule has 0 fully saturated rings. The smallest absolute Gasteiger partial charge is 0.259 e. The number of nitrogens with zero attached hydrogens (tertiary/aromatic N) is 1. The van der Waals surface area contributed by atoms with Gasteiger partial charge in [-0.15, -0.1) is 11.3 Å². The lowest BCUT2D eigenvalue weighted by Gasteiger charge is -2.12. The van der Waals surface area contributed by atoms with Crippen LogP contribution in [0.25, 0.3) is 0 Å². The summed E-state index contributed by atoms with van der Waals surface area (Å²) in [5.41, 5.74) is 8.48. The molecule has 39 heavy (non-hydrogen) atoms.